The van der Waals surface area contributed by atoms with E-state index in [-0.39, 0.29) is 11.4 Å². The van der Waals surface area contributed by atoms with Crippen LogP contribution >= 0.6 is 0 Å². The minimum atomic E-state index is -0.222. The van der Waals surface area contributed by atoms with E-state index >= 15 is 0 Å². The molecule has 2 N–H and O–H groups in total. The van der Waals surface area contributed by atoms with Crippen LogP contribution in [0.4, 0.5) is 0 Å². The van der Waals surface area contributed by atoms with Crippen LogP contribution in [0.1, 0.15) is 51.7 Å². The summed E-state index contributed by atoms with van der Waals surface area (Å²) < 4.78 is 0. The summed E-state index contributed by atoms with van der Waals surface area (Å²) in [5.74, 6) is 1.42. The standard InChI is InChI=1S/C24H41N5O/c1-7-25-23(28(6)18-22(30)27-24(3,4)5)26-16-20-12-14-29(15-13-20)17-21-10-8-19(2)9-11-21/h8-11,20H,7,12-18H2,1-6H3,(H,25,26)(H,27,30). The fraction of sp³-hybridized carbons (Fsp3) is 0.667. The van der Waals surface area contributed by atoms with Crippen molar-refractivity contribution >= 4 is 11.9 Å². The van der Waals surface area contributed by atoms with Crippen molar-refractivity contribution < 1.29 is 4.79 Å². The molecule has 2 rings (SSSR count). The zero-order valence-electron chi connectivity index (χ0n) is 19.8. The van der Waals surface area contributed by atoms with Crippen LogP contribution in [0.25, 0.3) is 0 Å². The molecule has 1 amide bonds. The maximum absolute atomic E-state index is 12.2. The fourth-order valence-electron chi connectivity index (χ4n) is 3.71. The van der Waals surface area contributed by atoms with Crippen LogP contribution in [0.3, 0.4) is 0 Å². The van der Waals surface area contributed by atoms with Crippen LogP contribution < -0.4 is 10.6 Å². The van der Waals surface area contributed by atoms with Crippen molar-refractivity contribution in [2.75, 3.05) is 39.8 Å². The quantitative estimate of drug-likeness (QED) is 0.531. The zero-order valence-corrected chi connectivity index (χ0v) is 19.8. The molecule has 0 aromatic heterocycles. The van der Waals surface area contributed by atoms with E-state index in [0.717, 1.165) is 38.7 Å². The number of likely N-dealkylation sites (tertiary alicyclic amines) is 1. The van der Waals surface area contributed by atoms with Crippen molar-refractivity contribution in [3.8, 4) is 0 Å². The Morgan fingerprint density at radius 1 is 1.20 bits per heavy atom. The Bertz CT molecular complexity index is 685. The van der Waals surface area contributed by atoms with E-state index in [1.54, 1.807) is 0 Å². The number of hydrogen-bond acceptors (Lipinski definition) is 3. The predicted octanol–water partition coefficient (Wildman–Crippen LogP) is 3.02. The second-order valence-corrected chi connectivity index (χ2v) is 9.55. The van der Waals surface area contributed by atoms with Crippen molar-refractivity contribution in [3.05, 3.63) is 35.4 Å². The zero-order chi connectivity index (χ0) is 22.1. The van der Waals surface area contributed by atoms with E-state index in [1.165, 1.54) is 24.0 Å². The van der Waals surface area contributed by atoms with Crippen molar-refractivity contribution in [1.29, 1.82) is 0 Å². The van der Waals surface area contributed by atoms with Crippen LogP contribution in [-0.4, -0.2) is 67.0 Å². The molecule has 1 heterocycles. The number of guanidine groups is 1. The summed E-state index contributed by atoms with van der Waals surface area (Å²) in [6.45, 7) is 15.4. The van der Waals surface area contributed by atoms with E-state index in [1.807, 2.05) is 32.7 Å². The van der Waals surface area contributed by atoms with Crippen LogP contribution in [0.5, 0.6) is 0 Å². The molecule has 6 heteroatoms. The lowest BCUT2D eigenvalue weighted by atomic mass is 9.96. The molecular weight excluding hydrogens is 374 g/mol. The van der Waals surface area contributed by atoms with E-state index in [9.17, 15) is 4.79 Å². The largest absolute Gasteiger partial charge is 0.357 e. The number of carbonyl (C=O) groups excluding carboxylic acids is 1. The molecule has 1 aromatic carbocycles. The molecule has 0 unspecified atom stereocenters. The summed E-state index contributed by atoms with van der Waals surface area (Å²) in [6.07, 6.45) is 2.34. The molecule has 168 valence electrons. The molecule has 1 aliphatic rings. The Balaban J connectivity index is 1.82. The minimum Gasteiger partial charge on any atom is -0.357 e. The number of amides is 1. The molecule has 6 nitrogen and oxygen atoms in total. The monoisotopic (exact) mass is 415 g/mol. The normalized spacial score (nSPS) is 16.4. The first-order valence-electron chi connectivity index (χ1n) is 11.2. The number of rotatable bonds is 7. The van der Waals surface area contributed by atoms with E-state index in [0.29, 0.717) is 12.5 Å². The van der Waals surface area contributed by atoms with Crippen LogP contribution in [0.15, 0.2) is 29.3 Å². The van der Waals surface area contributed by atoms with Gasteiger partial charge in [0.1, 0.15) is 0 Å². The lowest BCUT2D eigenvalue weighted by Crippen LogP contribution is -2.49. The molecular formula is C24H41N5O. The number of aryl methyl sites for hydroxylation is 1. The van der Waals surface area contributed by atoms with Gasteiger partial charge in [-0.25, -0.2) is 0 Å². The first kappa shape index (κ1) is 24.2. The number of likely N-dealkylation sites (N-methyl/N-ethyl adjacent to an activating group) is 1. The van der Waals surface area contributed by atoms with Gasteiger partial charge < -0.3 is 15.5 Å². The van der Waals surface area contributed by atoms with E-state index < -0.39 is 0 Å². The maximum atomic E-state index is 12.2. The van der Waals surface area contributed by atoms with Gasteiger partial charge in [-0.15, -0.1) is 0 Å². The van der Waals surface area contributed by atoms with Crippen LogP contribution in [0, 0.1) is 12.8 Å². The van der Waals surface area contributed by atoms with Gasteiger partial charge in [-0.05, 0) is 72.0 Å². The molecule has 1 fully saturated rings. The predicted molar refractivity (Wildman–Crippen MR) is 126 cm³/mol. The lowest BCUT2D eigenvalue weighted by molar-refractivity contribution is -0.122. The molecule has 0 saturated carbocycles. The third kappa shape index (κ3) is 8.74. The van der Waals surface area contributed by atoms with Crippen molar-refractivity contribution in [3.63, 3.8) is 0 Å². The summed E-state index contributed by atoms with van der Waals surface area (Å²) in [5, 5.41) is 6.33. The number of nitrogens with zero attached hydrogens (tertiary/aromatic N) is 3. The van der Waals surface area contributed by atoms with E-state index in [4.69, 9.17) is 4.99 Å². The molecule has 1 aromatic rings. The second kappa shape index (κ2) is 11.3. The summed E-state index contributed by atoms with van der Waals surface area (Å²) in [4.78, 5) is 21.5. The Labute approximate surface area is 183 Å². The molecule has 0 radical (unpaired) electrons. The first-order chi connectivity index (χ1) is 14.2. The molecule has 1 saturated heterocycles. The average Bonchev–Trinajstić information content (AvgIpc) is 2.66. The van der Waals surface area contributed by atoms with Gasteiger partial charge in [-0.2, -0.15) is 0 Å². The van der Waals surface area contributed by atoms with Gasteiger partial charge in [-0.3, -0.25) is 14.7 Å². The Morgan fingerprint density at radius 2 is 1.83 bits per heavy atom. The van der Waals surface area contributed by atoms with Gasteiger partial charge >= 0.3 is 0 Å². The highest BCUT2D eigenvalue weighted by Crippen LogP contribution is 2.19. The Morgan fingerprint density at radius 3 is 2.40 bits per heavy atom. The number of piperidine rings is 1. The van der Waals surface area contributed by atoms with Crippen LogP contribution in [0.2, 0.25) is 0 Å². The number of nitrogens with one attached hydrogen (secondary N) is 2. The van der Waals surface area contributed by atoms with Gasteiger partial charge in [-0.1, -0.05) is 29.8 Å². The van der Waals surface area contributed by atoms with Crippen molar-refractivity contribution in [2.45, 2.75) is 59.5 Å². The van der Waals surface area contributed by atoms with Gasteiger partial charge in [0.25, 0.3) is 0 Å². The smallest absolute Gasteiger partial charge is 0.240 e. The Kier molecular flexibility index (Phi) is 9.15. The van der Waals surface area contributed by atoms with E-state index in [2.05, 4.69) is 53.6 Å². The second-order valence-electron chi connectivity index (χ2n) is 9.55. The summed E-state index contributed by atoms with van der Waals surface area (Å²) in [7, 11) is 1.92. The third-order valence-corrected chi connectivity index (χ3v) is 5.32. The average molecular weight is 416 g/mol. The van der Waals surface area contributed by atoms with Crippen molar-refractivity contribution in [1.82, 2.24) is 20.4 Å². The minimum absolute atomic E-state index is 0.0139. The topological polar surface area (TPSA) is 60.0 Å². The maximum Gasteiger partial charge on any atom is 0.240 e. The van der Waals surface area contributed by atoms with Gasteiger partial charge in [0.05, 0.1) is 6.54 Å². The highest BCUT2D eigenvalue weighted by Gasteiger charge is 2.20. The molecule has 30 heavy (non-hydrogen) atoms. The Hall–Kier alpha value is -2.08. The van der Waals surface area contributed by atoms with Gasteiger partial charge in [0.15, 0.2) is 5.96 Å². The lowest BCUT2D eigenvalue weighted by Gasteiger charge is -2.31. The number of benzene rings is 1. The molecule has 0 atom stereocenters. The third-order valence-electron chi connectivity index (χ3n) is 5.32. The van der Waals surface area contributed by atoms with Crippen molar-refractivity contribution in [2.24, 2.45) is 10.9 Å². The summed E-state index contributed by atoms with van der Waals surface area (Å²) >= 11 is 0. The van der Waals surface area contributed by atoms with Gasteiger partial charge in [0, 0.05) is 32.2 Å². The summed E-state index contributed by atoms with van der Waals surface area (Å²) in [5.41, 5.74) is 2.48. The van der Waals surface area contributed by atoms with Gasteiger partial charge in [0.2, 0.25) is 5.91 Å². The molecule has 0 spiro atoms. The summed E-state index contributed by atoms with van der Waals surface area (Å²) in [6, 6.07) is 8.86. The molecule has 0 aliphatic carbocycles. The number of hydrogen-bond donors (Lipinski definition) is 2. The van der Waals surface area contributed by atoms with Crippen LogP contribution in [-0.2, 0) is 11.3 Å². The number of carbonyl (C=O) groups is 1. The first-order valence-corrected chi connectivity index (χ1v) is 11.2. The highest BCUT2D eigenvalue weighted by molar-refractivity contribution is 5.86. The molecule has 0 bridgehead atoms. The highest BCUT2D eigenvalue weighted by atomic mass is 16.2. The SMILES string of the molecule is CCNC(=NCC1CCN(Cc2ccc(C)cc2)CC1)N(C)CC(=O)NC(C)(C)C. The molecule has 1 aliphatic heterocycles. The fourth-order valence-corrected chi connectivity index (χ4v) is 3.71. The number of aliphatic imine (C=N–C) groups is 1.